The second-order valence-electron chi connectivity index (χ2n) is 6.12. The standard InChI is InChI=1S/C17H19N3O4/c1-24-17(23)10-4-2-9(3-5-10)15-19-13-7-6-11(14(18)21)8-12(13)16(22)20-15/h6-10H,2-5H2,1H3,(H2,18,21)(H,19,20,22). The van der Waals surface area contributed by atoms with Crippen LogP contribution >= 0.6 is 0 Å². The average Bonchev–Trinajstić information content (AvgIpc) is 2.60. The van der Waals surface area contributed by atoms with E-state index in [2.05, 4.69) is 9.97 Å². The lowest BCUT2D eigenvalue weighted by Crippen LogP contribution is -2.24. The molecule has 1 saturated carbocycles. The number of fused-ring (bicyclic) bond motifs is 1. The molecular weight excluding hydrogens is 310 g/mol. The molecule has 1 heterocycles. The topological polar surface area (TPSA) is 115 Å². The summed E-state index contributed by atoms with van der Waals surface area (Å²) in [6.45, 7) is 0. The van der Waals surface area contributed by atoms with E-state index in [1.807, 2.05) is 0 Å². The van der Waals surface area contributed by atoms with Crippen LogP contribution in [0.2, 0.25) is 0 Å². The molecule has 0 bridgehead atoms. The van der Waals surface area contributed by atoms with Gasteiger partial charge in [0.15, 0.2) is 0 Å². The number of hydrogen-bond acceptors (Lipinski definition) is 5. The predicted molar refractivity (Wildman–Crippen MR) is 87.6 cm³/mol. The van der Waals surface area contributed by atoms with Crippen LogP contribution in [0.4, 0.5) is 0 Å². The maximum atomic E-state index is 12.3. The number of aromatic amines is 1. The highest BCUT2D eigenvalue weighted by Gasteiger charge is 2.29. The van der Waals surface area contributed by atoms with Crippen molar-refractivity contribution in [3.63, 3.8) is 0 Å². The molecule has 7 nitrogen and oxygen atoms in total. The van der Waals surface area contributed by atoms with Crippen LogP contribution in [0.5, 0.6) is 0 Å². The van der Waals surface area contributed by atoms with E-state index in [9.17, 15) is 14.4 Å². The van der Waals surface area contributed by atoms with Gasteiger partial charge in [-0.15, -0.1) is 0 Å². The number of ether oxygens (including phenoxy) is 1. The van der Waals surface area contributed by atoms with Gasteiger partial charge in [-0.05, 0) is 43.9 Å². The number of aromatic nitrogens is 2. The van der Waals surface area contributed by atoms with E-state index in [-0.39, 0.29) is 28.9 Å². The predicted octanol–water partition coefficient (Wildman–Crippen LogP) is 1.47. The lowest BCUT2D eigenvalue weighted by molar-refractivity contribution is -0.146. The second-order valence-corrected chi connectivity index (χ2v) is 6.12. The number of nitrogens with two attached hydrogens (primary N) is 1. The number of amides is 1. The number of H-pyrrole nitrogens is 1. The zero-order valence-electron chi connectivity index (χ0n) is 13.4. The number of nitrogens with zero attached hydrogens (tertiary/aromatic N) is 1. The van der Waals surface area contributed by atoms with Gasteiger partial charge in [-0.3, -0.25) is 14.4 Å². The Bertz CT molecular complexity index is 851. The van der Waals surface area contributed by atoms with Gasteiger partial charge in [0.1, 0.15) is 5.82 Å². The first-order valence-corrected chi connectivity index (χ1v) is 7.91. The molecule has 0 unspecified atom stereocenters. The minimum Gasteiger partial charge on any atom is -0.469 e. The number of hydrogen-bond donors (Lipinski definition) is 2. The Balaban J connectivity index is 1.87. The molecule has 126 valence electrons. The zero-order valence-corrected chi connectivity index (χ0v) is 13.4. The van der Waals surface area contributed by atoms with Gasteiger partial charge in [0, 0.05) is 11.5 Å². The monoisotopic (exact) mass is 329 g/mol. The molecular formula is C17H19N3O4. The summed E-state index contributed by atoms with van der Waals surface area (Å²) in [7, 11) is 1.40. The van der Waals surface area contributed by atoms with E-state index >= 15 is 0 Å². The summed E-state index contributed by atoms with van der Waals surface area (Å²) < 4.78 is 4.79. The van der Waals surface area contributed by atoms with Gasteiger partial charge in [0.05, 0.1) is 23.9 Å². The summed E-state index contributed by atoms with van der Waals surface area (Å²) in [5.74, 6) is -0.0908. The second kappa shape index (κ2) is 6.43. The fraction of sp³-hybridized carbons (Fsp3) is 0.412. The van der Waals surface area contributed by atoms with E-state index in [1.54, 1.807) is 12.1 Å². The molecule has 1 aliphatic carbocycles. The van der Waals surface area contributed by atoms with Crippen LogP contribution in [0.3, 0.4) is 0 Å². The number of methoxy groups -OCH3 is 1. The van der Waals surface area contributed by atoms with Crippen molar-refractivity contribution in [3.05, 3.63) is 39.9 Å². The molecule has 2 aromatic rings. The fourth-order valence-electron chi connectivity index (χ4n) is 3.28. The lowest BCUT2D eigenvalue weighted by atomic mass is 9.81. The normalized spacial score (nSPS) is 20.7. The van der Waals surface area contributed by atoms with Gasteiger partial charge < -0.3 is 15.5 Å². The van der Waals surface area contributed by atoms with Crippen molar-refractivity contribution >= 4 is 22.8 Å². The van der Waals surface area contributed by atoms with Crippen LogP contribution in [0.15, 0.2) is 23.0 Å². The van der Waals surface area contributed by atoms with Gasteiger partial charge in [-0.1, -0.05) is 0 Å². The Labute approximate surface area is 138 Å². The van der Waals surface area contributed by atoms with Crippen LogP contribution < -0.4 is 11.3 Å². The summed E-state index contributed by atoms with van der Waals surface area (Å²) in [6.07, 6.45) is 2.99. The Morgan fingerprint density at radius 3 is 2.58 bits per heavy atom. The Kier molecular flexibility index (Phi) is 4.33. The van der Waals surface area contributed by atoms with Crippen LogP contribution in [0, 0.1) is 5.92 Å². The van der Waals surface area contributed by atoms with E-state index in [0.29, 0.717) is 16.7 Å². The van der Waals surface area contributed by atoms with Crippen LogP contribution in [-0.4, -0.2) is 29.0 Å². The van der Waals surface area contributed by atoms with Gasteiger partial charge in [-0.25, -0.2) is 0 Å². The molecule has 1 aromatic carbocycles. The smallest absolute Gasteiger partial charge is 0.308 e. The van der Waals surface area contributed by atoms with Crippen molar-refractivity contribution in [2.45, 2.75) is 31.6 Å². The lowest BCUT2D eigenvalue weighted by Gasteiger charge is -2.26. The third kappa shape index (κ3) is 3.02. The third-order valence-corrected chi connectivity index (χ3v) is 4.67. The number of primary amides is 1. The molecule has 3 rings (SSSR count). The SMILES string of the molecule is COC(=O)C1CCC(c2nc(=O)c3cc(C(N)=O)ccc3[nH]2)CC1. The Morgan fingerprint density at radius 1 is 1.25 bits per heavy atom. The number of esters is 1. The van der Waals surface area contributed by atoms with Crippen LogP contribution in [-0.2, 0) is 9.53 Å². The zero-order chi connectivity index (χ0) is 17.3. The maximum Gasteiger partial charge on any atom is 0.308 e. The quantitative estimate of drug-likeness (QED) is 0.827. The highest BCUT2D eigenvalue weighted by molar-refractivity contribution is 5.96. The number of carbonyl (C=O) groups excluding carboxylic acids is 2. The molecule has 7 heteroatoms. The average molecular weight is 329 g/mol. The van der Waals surface area contributed by atoms with Crippen molar-refractivity contribution in [2.24, 2.45) is 11.7 Å². The van der Waals surface area contributed by atoms with Crippen molar-refractivity contribution in [2.75, 3.05) is 7.11 Å². The number of carbonyl (C=O) groups is 2. The van der Waals surface area contributed by atoms with E-state index < -0.39 is 5.91 Å². The molecule has 0 aliphatic heterocycles. The molecule has 3 N–H and O–H groups in total. The van der Waals surface area contributed by atoms with Gasteiger partial charge in [0.2, 0.25) is 5.91 Å². The molecule has 24 heavy (non-hydrogen) atoms. The maximum absolute atomic E-state index is 12.3. The van der Waals surface area contributed by atoms with Crippen molar-refractivity contribution in [3.8, 4) is 0 Å². The van der Waals surface area contributed by atoms with Crippen molar-refractivity contribution < 1.29 is 14.3 Å². The molecule has 0 atom stereocenters. The third-order valence-electron chi connectivity index (χ3n) is 4.67. The van der Waals surface area contributed by atoms with Gasteiger partial charge in [-0.2, -0.15) is 4.98 Å². The Morgan fingerprint density at radius 2 is 1.96 bits per heavy atom. The molecule has 0 spiro atoms. The number of benzene rings is 1. The summed E-state index contributed by atoms with van der Waals surface area (Å²) in [4.78, 5) is 42.4. The van der Waals surface area contributed by atoms with Gasteiger partial charge in [0.25, 0.3) is 5.56 Å². The van der Waals surface area contributed by atoms with Crippen molar-refractivity contribution in [1.29, 1.82) is 0 Å². The fourth-order valence-corrected chi connectivity index (χ4v) is 3.28. The number of nitrogens with one attached hydrogen (secondary N) is 1. The highest BCUT2D eigenvalue weighted by atomic mass is 16.5. The minimum absolute atomic E-state index is 0.0726. The van der Waals surface area contributed by atoms with Gasteiger partial charge >= 0.3 is 5.97 Å². The molecule has 1 amide bonds. The summed E-state index contributed by atoms with van der Waals surface area (Å²) >= 11 is 0. The molecule has 1 fully saturated rings. The first kappa shape index (κ1) is 16.2. The minimum atomic E-state index is -0.582. The van der Waals surface area contributed by atoms with E-state index in [0.717, 1.165) is 25.7 Å². The molecule has 1 aliphatic rings. The van der Waals surface area contributed by atoms with E-state index in [4.69, 9.17) is 10.5 Å². The molecule has 0 saturated heterocycles. The summed E-state index contributed by atoms with van der Waals surface area (Å²) in [5, 5.41) is 0.346. The van der Waals surface area contributed by atoms with Crippen LogP contribution in [0.1, 0.15) is 47.8 Å². The first-order valence-electron chi connectivity index (χ1n) is 7.91. The van der Waals surface area contributed by atoms with Crippen LogP contribution in [0.25, 0.3) is 10.9 Å². The summed E-state index contributed by atoms with van der Waals surface area (Å²) in [6, 6.07) is 4.71. The van der Waals surface area contributed by atoms with Crippen molar-refractivity contribution in [1.82, 2.24) is 9.97 Å². The number of rotatable bonds is 3. The first-order chi connectivity index (χ1) is 11.5. The van der Waals surface area contributed by atoms with E-state index in [1.165, 1.54) is 13.2 Å². The Hall–Kier alpha value is -2.70. The largest absolute Gasteiger partial charge is 0.469 e. The highest BCUT2D eigenvalue weighted by Crippen LogP contribution is 2.34. The molecule has 1 aromatic heterocycles. The molecule has 0 radical (unpaired) electrons. The summed E-state index contributed by atoms with van der Waals surface area (Å²) in [5.41, 5.74) is 5.77.